The van der Waals surface area contributed by atoms with Gasteiger partial charge in [0.25, 0.3) is 11.6 Å². The molecule has 0 aliphatic rings. The van der Waals surface area contributed by atoms with Gasteiger partial charge in [-0.1, -0.05) is 18.2 Å². The van der Waals surface area contributed by atoms with Crippen LogP contribution in [0.15, 0.2) is 48.5 Å². The topological polar surface area (TPSA) is 111 Å². The molecule has 0 saturated heterocycles. The summed E-state index contributed by atoms with van der Waals surface area (Å²) < 4.78 is 43.8. The van der Waals surface area contributed by atoms with Crippen LogP contribution in [0.4, 0.5) is 29.3 Å². The molecule has 0 spiro atoms. The van der Waals surface area contributed by atoms with E-state index in [1.165, 1.54) is 0 Å². The van der Waals surface area contributed by atoms with Crippen molar-refractivity contribution in [1.29, 1.82) is 0 Å². The lowest BCUT2D eigenvalue weighted by Gasteiger charge is -2.13. The van der Waals surface area contributed by atoms with E-state index in [-0.39, 0.29) is 0 Å². The highest BCUT2D eigenvalue weighted by molar-refractivity contribution is 6.01. The van der Waals surface area contributed by atoms with E-state index in [0.29, 0.717) is 11.8 Å². The fraction of sp³-hybridized carbons (Fsp3) is 0.125. The summed E-state index contributed by atoms with van der Waals surface area (Å²) in [4.78, 5) is 32.9. The van der Waals surface area contributed by atoms with E-state index in [1.54, 1.807) is 30.3 Å². The van der Waals surface area contributed by atoms with Gasteiger partial charge >= 0.3 is 12.2 Å². The van der Waals surface area contributed by atoms with Crippen molar-refractivity contribution >= 4 is 23.3 Å². The summed E-state index contributed by atoms with van der Waals surface area (Å²) in [6, 6.07) is 9.08. The number of nitrogens with one attached hydrogen (secondary N) is 2. The number of nitrogens with zero attached hydrogens (tertiary/aromatic N) is 1. The third kappa shape index (κ3) is 5.70. The van der Waals surface area contributed by atoms with Gasteiger partial charge in [-0.2, -0.15) is 13.2 Å². The number of imide groups is 1. The second-order valence-corrected chi connectivity index (χ2v) is 5.09. The fourth-order valence-corrected chi connectivity index (χ4v) is 1.97. The predicted molar refractivity (Wildman–Crippen MR) is 87.2 cm³/mol. The summed E-state index contributed by atoms with van der Waals surface area (Å²) in [5, 5.41) is 14.8. The molecule has 0 unspecified atom stereocenters. The second-order valence-electron chi connectivity index (χ2n) is 5.09. The molecule has 0 bridgehead atoms. The molecule has 2 N–H and O–H groups in total. The first-order chi connectivity index (χ1) is 12.7. The SMILES string of the molecule is O=C(COc1ccc([N+](=O)[O-])cc1C(F)(F)F)NC(=O)Nc1ccccc1. The Morgan fingerprint density at radius 3 is 2.37 bits per heavy atom. The number of nitro benzene ring substituents is 1. The molecule has 0 fully saturated rings. The summed E-state index contributed by atoms with van der Waals surface area (Å²) in [5.74, 6) is -1.78. The Morgan fingerprint density at radius 1 is 1.11 bits per heavy atom. The molecular formula is C16H12F3N3O5. The van der Waals surface area contributed by atoms with Crippen molar-refractivity contribution < 1.29 is 32.4 Å². The number of amides is 3. The van der Waals surface area contributed by atoms with Gasteiger partial charge in [-0.3, -0.25) is 20.2 Å². The molecule has 2 aromatic rings. The number of hydrogen-bond donors (Lipinski definition) is 2. The number of halogens is 3. The van der Waals surface area contributed by atoms with Crippen molar-refractivity contribution in [2.24, 2.45) is 0 Å². The Morgan fingerprint density at radius 2 is 1.78 bits per heavy atom. The minimum absolute atomic E-state index is 0.301. The highest BCUT2D eigenvalue weighted by Gasteiger charge is 2.36. The first-order valence-electron chi connectivity index (χ1n) is 7.31. The number of alkyl halides is 3. The van der Waals surface area contributed by atoms with E-state index in [4.69, 9.17) is 4.74 Å². The van der Waals surface area contributed by atoms with Crippen molar-refractivity contribution in [1.82, 2.24) is 5.32 Å². The molecule has 0 radical (unpaired) electrons. The van der Waals surface area contributed by atoms with Gasteiger partial charge in [0.1, 0.15) is 11.3 Å². The van der Waals surface area contributed by atoms with E-state index < -0.39 is 46.6 Å². The van der Waals surface area contributed by atoms with Crippen LogP contribution in [0, 0.1) is 10.1 Å². The third-order valence-electron chi connectivity index (χ3n) is 3.12. The van der Waals surface area contributed by atoms with Gasteiger partial charge in [-0.15, -0.1) is 0 Å². The van der Waals surface area contributed by atoms with Crippen LogP contribution in [0.2, 0.25) is 0 Å². The van der Waals surface area contributed by atoms with Crippen molar-refractivity contribution in [3.63, 3.8) is 0 Å². The molecular weight excluding hydrogens is 371 g/mol. The molecule has 0 aromatic heterocycles. The Labute approximate surface area is 150 Å². The Hall–Kier alpha value is -3.63. The molecule has 0 aliphatic carbocycles. The maximum Gasteiger partial charge on any atom is 0.420 e. The number of para-hydroxylation sites is 1. The minimum Gasteiger partial charge on any atom is -0.483 e. The van der Waals surface area contributed by atoms with Crippen molar-refractivity contribution in [2.45, 2.75) is 6.18 Å². The van der Waals surface area contributed by atoms with Gasteiger partial charge in [0.2, 0.25) is 0 Å². The van der Waals surface area contributed by atoms with E-state index >= 15 is 0 Å². The quantitative estimate of drug-likeness (QED) is 0.608. The van der Waals surface area contributed by atoms with Crippen LogP contribution in [-0.2, 0) is 11.0 Å². The normalized spacial score (nSPS) is 10.8. The van der Waals surface area contributed by atoms with E-state index in [1.807, 2.05) is 5.32 Å². The van der Waals surface area contributed by atoms with Gasteiger partial charge < -0.3 is 10.1 Å². The van der Waals surface area contributed by atoms with Gasteiger partial charge in [0.15, 0.2) is 6.61 Å². The lowest BCUT2D eigenvalue weighted by atomic mass is 10.1. The van der Waals surface area contributed by atoms with E-state index in [0.717, 1.165) is 12.1 Å². The summed E-state index contributed by atoms with van der Waals surface area (Å²) in [5.41, 5.74) is -1.78. The van der Waals surface area contributed by atoms with Crippen LogP contribution in [0.1, 0.15) is 5.56 Å². The van der Waals surface area contributed by atoms with Crippen LogP contribution in [0.25, 0.3) is 0 Å². The average Bonchev–Trinajstić information content (AvgIpc) is 2.59. The molecule has 3 amide bonds. The van der Waals surface area contributed by atoms with Gasteiger partial charge in [0.05, 0.1) is 4.92 Å². The lowest BCUT2D eigenvalue weighted by Crippen LogP contribution is -2.37. The number of carbonyl (C=O) groups excluding carboxylic acids is 2. The molecule has 0 heterocycles. The van der Waals surface area contributed by atoms with Gasteiger partial charge in [-0.25, -0.2) is 4.79 Å². The third-order valence-corrected chi connectivity index (χ3v) is 3.12. The van der Waals surface area contributed by atoms with Crippen LogP contribution < -0.4 is 15.4 Å². The van der Waals surface area contributed by atoms with Crippen LogP contribution in [-0.4, -0.2) is 23.5 Å². The zero-order valence-corrected chi connectivity index (χ0v) is 13.4. The summed E-state index contributed by atoms with van der Waals surface area (Å²) >= 11 is 0. The van der Waals surface area contributed by atoms with Crippen LogP contribution >= 0.6 is 0 Å². The number of benzene rings is 2. The molecule has 27 heavy (non-hydrogen) atoms. The number of carbonyl (C=O) groups is 2. The summed E-state index contributed by atoms with van der Waals surface area (Å²) in [7, 11) is 0. The number of hydrogen-bond acceptors (Lipinski definition) is 5. The number of nitro groups is 1. The Balaban J connectivity index is 2.00. The summed E-state index contributed by atoms with van der Waals surface area (Å²) in [6.07, 6.45) is -4.93. The molecule has 0 atom stereocenters. The average molecular weight is 383 g/mol. The van der Waals surface area contributed by atoms with Crippen molar-refractivity contribution in [3.8, 4) is 5.75 Å². The summed E-state index contributed by atoms with van der Waals surface area (Å²) in [6.45, 7) is -0.900. The Bertz CT molecular complexity index is 856. The molecule has 0 aliphatic heterocycles. The first-order valence-corrected chi connectivity index (χ1v) is 7.31. The monoisotopic (exact) mass is 383 g/mol. The number of ether oxygens (including phenoxy) is 1. The standard InChI is InChI=1S/C16H12F3N3O5/c17-16(18,19)12-8-11(22(25)26)6-7-13(12)27-9-14(23)21-15(24)20-10-4-2-1-3-5-10/h1-8H,9H2,(H2,20,21,23,24). The number of non-ortho nitro benzene ring substituents is 1. The molecule has 2 aromatic carbocycles. The zero-order chi connectivity index (χ0) is 20.0. The maximum atomic E-state index is 13.0. The Kier molecular flexibility index (Phi) is 5.96. The molecule has 2 rings (SSSR count). The number of urea groups is 1. The minimum atomic E-state index is -4.93. The first kappa shape index (κ1) is 19.7. The lowest BCUT2D eigenvalue weighted by molar-refractivity contribution is -0.385. The fourth-order valence-electron chi connectivity index (χ4n) is 1.97. The molecule has 8 nitrogen and oxygen atoms in total. The van der Waals surface area contributed by atoms with E-state index in [9.17, 15) is 32.9 Å². The predicted octanol–water partition coefficient (Wildman–Crippen LogP) is 3.34. The smallest absolute Gasteiger partial charge is 0.420 e. The van der Waals surface area contributed by atoms with Gasteiger partial charge in [0, 0.05) is 17.8 Å². The molecule has 0 saturated carbocycles. The van der Waals surface area contributed by atoms with Gasteiger partial charge in [-0.05, 0) is 18.2 Å². The molecule has 142 valence electrons. The second kappa shape index (κ2) is 8.17. The van der Waals surface area contributed by atoms with Crippen molar-refractivity contribution in [2.75, 3.05) is 11.9 Å². The highest BCUT2D eigenvalue weighted by atomic mass is 19.4. The maximum absolute atomic E-state index is 13.0. The zero-order valence-electron chi connectivity index (χ0n) is 13.4. The number of anilines is 1. The highest BCUT2D eigenvalue weighted by Crippen LogP contribution is 2.38. The number of rotatable bonds is 5. The van der Waals surface area contributed by atoms with Crippen molar-refractivity contribution in [3.05, 3.63) is 64.2 Å². The van der Waals surface area contributed by atoms with E-state index in [2.05, 4.69) is 5.32 Å². The molecule has 11 heteroatoms. The largest absolute Gasteiger partial charge is 0.483 e. The van der Waals surface area contributed by atoms with Crippen LogP contribution in [0.5, 0.6) is 5.75 Å². The van der Waals surface area contributed by atoms with Crippen LogP contribution in [0.3, 0.4) is 0 Å².